The number of nitrogens with two attached hydrogens (primary N) is 1. The van der Waals surface area contributed by atoms with Crippen LogP contribution in [0.5, 0.6) is 5.88 Å². The summed E-state index contributed by atoms with van der Waals surface area (Å²) in [6, 6.07) is 5.27. The van der Waals surface area contributed by atoms with Gasteiger partial charge in [0.1, 0.15) is 23.3 Å². The molecular weight excluding hydrogens is 534 g/mol. The molecule has 40 heavy (non-hydrogen) atoms. The zero-order chi connectivity index (χ0) is 29.0. The molecular formula is C28H35N5O6S. The van der Waals surface area contributed by atoms with Gasteiger partial charge in [-0.05, 0) is 44.4 Å². The second kappa shape index (κ2) is 9.93. The Morgan fingerprint density at radius 3 is 2.58 bits per heavy atom. The molecule has 0 bridgehead atoms. The second-order valence-corrected chi connectivity index (χ2v) is 13.9. The third-order valence-corrected chi connectivity index (χ3v) is 9.54. The van der Waals surface area contributed by atoms with Gasteiger partial charge in [-0.1, -0.05) is 6.92 Å². The number of hydrogen-bond donors (Lipinski definition) is 2. The van der Waals surface area contributed by atoms with Crippen molar-refractivity contribution >= 4 is 38.2 Å². The highest BCUT2D eigenvalue weighted by Crippen LogP contribution is 2.39. The number of anilines is 2. The number of aromatic nitrogens is 3. The van der Waals surface area contributed by atoms with Gasteiger partial charge in [-0.25, -0.2) is 28.2 Å². The molecule has 2 aliphatic rings. The number of sulfone groups is 1. The maximum atomic E-state index is 12.5. The first kappa shape index (κ1) is 28.2. The standard InChI is InChI=1S/C28H35N5O6S/c1-15-24-18(26(34)39-27(15,2)3)7-8-22(33-24)32-23-11-19-20(12-30-23)25(31-13-21(19)28(4,29)14-37-5)38-16-9-17(10-16)40(6,35)36/h7-8,11-13,15-17H,9-10,14,29H2,1-6H3,(H,30,32,33)/t15-,16-,17+,28?/m1/s1. The summed E-state index contributed by atoms with van der Waals surface area (Å²) in [6.45, 7) is 7.83. The molecule has 0 radical (unpaired) electrons. The van der Waals surface area contributed by atoms with Gasteiger partial charge in [-0.15, -0.1) is 0 Å². The first-order chi connectivity index (χ1) is 18.7. The number of esters is 1. The van der Waals surface area contributed by atoms with E-state index in [1.165, 1.54) is 6.26 Å². The lowest BCUT2D eigenvalue weighted by Gasteiger charge is -2.36. The van der Waals surface area contributed by atoms with Crippen LogP contribution in [0.3, 0.4) is 0 Å². The van der Waals surface area contributed by atoms with Gasteiger partial charge in [-0.3, -0.25) is 0 Å². The summed E-state index contributed by atoms with van der Waals surface area (Å²) in [4.78, 5) is 26.3. The molecule has 12 heteroatoms. The van der Waals surface area contributed by atoms with E-state index in [2.05, 4.69) is 15.3 Å². The largest absolute Gasteiger partial charge is 0.474 e. The van der Waals surface area contributed by atoms with Crippen LogP contribution in [0, 0.1) is 0 Å². The fourth-order valence-electron chi connectivity index (χ4n) is 5.12. The number of rotatable bonds is 8. The van der Waals surface area contributed by atoms with Crippen molar-refractivity contribution < 1.29 is 27.4 Å². The first-order valence-electron chi connectivity index (χ1n) is 13.1. The summed E-state index contributed by atoms with van der Waals surface area (Å²) in [5, 5.41) is 4.26. The van der Waals surface area contributed by atoms with Crippen molar-refractivity contribution in [2.75, 3.05) is 25.3 Å². The molecule has 1 aliphatic carbocycles. The van der Waals surface area contributed by atoms with E-state index in [4.69, 9.17) is 24.9 Å². The Kier molecular flexibility index (Phi) is 7.00. The molecule has 1 aliphatic heterocycles. The molecule has 1 unspecified atom stereocenters. The van der Waals surface area contributed by atoms with E-state index in [1.54, 1.807) is 31.6 Å². The van der Waals surface area contributed by atoms with Gasteiger partial charge in [0.05, 0.1) is 34.0 Å². The van der Waals surface area contributed by atoms with Crippen LogP contribution in [-0.4, -0.2) is 66.3 Å². The van der Waals surface area contributed by atoms with Crippen molar-refractivity contribution in [2.45, 2.75) is 68.9 Å². The Hall–Kier alpha value is -3.35. The van der Waals surface area contributed by atoms with Gasteiger partial charge in [0.2, 0.25) is 5.88 Å². The van der Waals surface area contributed by atoms with Crippen LogP contribution < -0.4 is 15.8 Å². The molecule has 0 saturated heterocycles. The minimum Gasteiger partial charge on any atom is -0.474 e. The third-order valence-electron chi connectivity index (χ3n) is 7.94. The summed E-state index contributed by atoms with van der Waals surface area (Å²) in [7, 11) is -1.52. The van der Waals surface area contributed by atoms with Crippen molar-refractivity contribution in [3.63, 3.8) is 0 Å². The molecule has 11 nitrogen and oxygen atoms in total. The summed E-state index contributed by atoms with van der Waals surface area (Å²) >= 11 is 0. The molecule has 3 N–H and O–H groups in total. The summed E-state index contributed by atoms with van der Waals surface area (Å²) in [5.41, 5.74) is 6.95. The average Bonchev–Trinajstić information content (AvgIpc) is 2.83. The highest BCUT2D eigenvalue weighted by molar-refractivity contribution is 7.91. The van der Waals surface area contributed by atoms with Crippen LogP contribution in [0.4, 0.5) is 11.6 Å². The van der Waals surface area contributed by atoms with Crippen molar-refractivity contribution in [1.82, 2.24) is 15.0 Å². The summed E-state index contributed by atoms with van der Waals surface area (Å²) < 4.78 is 40.7. The normalized spacial score (nSPS) is 23.5. The third kappa shape index (κ3) is 5.23. The van der Waals surface area contributed by atoms with E-state index in [0.29, 0.717) is 47.0 Å². The van der Waals surface area contributed by atoms with Gasteiger partial charge in [0, 0.05) is 50.1 Å². The number of methoxy groups -OCH3 is 1. The zero-order valence-electron chi connectivity index (χ0n) is 23.5. The van der Waals surface area contributed by atoms with E-state index in [-0.39, 0.29) is 24.6 Å². The van der Waals surface area contributed by atoms with E-state index in [9.17, 15) is 13.2 Å². The number of pyridine rings is 3. The Balaban J connectivity index is 1.50. The molecule has 0 spiro atoms. The van der Waals surface area contributed by atoms with Crippen molar-refractivity contribution in [3.05, 3.63) is 47.4 Å². The molecule has 4 heterocycles. The molecule has 3 aromatic heterocycles. The lowest BCUT2D eigenvalue weighted by Crippen LogP contribution is -2.42. The molecule has 2 atom stereocenters. The molecule has 0 aromatic carbocycles. The lowest BCUT2D eigenvalue weighted by atomic mass is 9.84. The summed E-state index contributed by atoms with van der Waals surface area (Å²) in [6.07, 6.45) is 5.15. The maximum Gasteiger partial charge on any atom is 0.340 e. The second-order valence-electron chi connectivity index (χ2n) is 11.6. The molecule has 0 amide bonds. The van der Waals surface area contributed by atoms with Gasteiger partial charge in [0.15, 0.2) is 9.84 Å². The monoisotopic (exact) mass is 569 g/mol. The van der Waals surface area contributed by atoms with Crippen LogP contribution in [0.2, 0.25) is 0 Å². The van der Waals surface area contributed by atoms with Crippen LogP contribution in [0.15, 0.2) is 30.6 Å². The van der Waals surface area contributed by atoms with Gasteiger partial charge < -0.3 is 25.3 Å². The van der Waals surface area contributed by atoms with Crippen molar-refractivity contribution in [2.24, 2.45) is 5.73 Å². The van der Waals surface area contributed by atoms with E-state index < -0.39 is 26.2 Å². The fraction of sp³-hybridized carbons (Fsp3) is 0.500. The fourth-order valence-corrected chi connectivity index (χ4v) is 6.25. The number of hydrogen-bond acceptors (Lipinski definition) is 11. The van der Waals surface area contributed by atoms with Crippen LogP contribution in [-0.2, 0) is 24.8 Å². The number of carbonyl (C=O) groups excluding carboxylic acids is 1. The number of fused-ring (bicyclic) bond motifs is 2. The smallest absolute Gasteiger partial charge is 0.340 e. The van der Waals surface area contributed by atoms with E-state index >= 15 is 0 Å². The average molecular weight is 570 g/mol. The predicted octanol–water partition coefficient (Wildman–Crippen LogP) is 3.60. The van der Waals surface area contributed by atoms with E-state index in [0.717, 1.165) is 10.9 Å². The van der Waals surface area contributed by atoms with Gasteiger partial charge in [-0.2, -0.15) is 0 Å². The number of cyclic esters (lactones) is 1. The Labute approximate surface area is 233 Å². The maximum absolute atomic E-state index is 12.5. The van der Waals surface area contributed by atoms with Crippen LogP contribution in [0.25, 0.3) is 10.8 Å². The van der Waals surface area contributed by atoms with Crippen LogP contribution >= 0.6 is 0 Å². The quantitative estimate of drug-likeness (QED) is 0.382. The molecule has 1 fully saturated rings. The molecule has 5 rings (SSSR count). The number of nitrogens with one attached hydrogen (secondary N) is 1. The minimum atomic E-state index is -3.10. The SMILES string of the molecule is COCC(C)(N)c1cnc(O[C@H]2C[C@@H](S(C)(=O)=O)C2)c2cnc(Nc3ccc4c(n3)[C@@H](C)C(C)(C)OC4=O)cc12. The molecule has 3 aromatic rings. The van der Waals surface area contributed by atoms with Gasteiger partial charge in [0.25, 0.3) is 0 Å². The first-order valence-corrected chi connectivity index (χ1v) is 15.1. The molecule has 214 valence electrons. The Morgan fingerprint density at radius 2 is 1.90 bits per heavy atom. The topological polar surface area (TPSA) is 156 Å². The van der Waals surface area contributed by atoms with Gasteiger partial charge >= 0.3 is 5.97 Å². The lowest BCUT2D eigenvalue weighted by molar-refractivity contribution is -0.0189. The van der Waals surface area contributed by atoms with Crippen LogP contribution in [0.1, 0.15) is 68.1 Å². The minimum absolute atomic E-state index is 0.107. The van der Waals surface area contributed by atoms with Crippen molar-refractivity contribution in [3.8, 4) is 5.88 Å². The number of nitrogens with zero attached hydrogens (tertiary/aromatic N) is 3. The zero-order valence-corrected chi connectivity index (χ0v) is 24.3. The summed E-state index contributed by atoms with van der Waals surface area (Å²) in [5.74, 6) is 0.913. The number of carbonyl (C=O) groups is 1. The van der Waals surface area contributed by atoms with E-state index in [1.807, 2.05) is 33.8 Å². The number of ether oxygens (including phenoxy) is 3. The Morgan fingerprint density at radius 1 is 1.18 bits per heavy atom. The Bertz CT molecular complexity index is 1580. The predicted molar refractivity (Wildman–Crippen MR) is 151 cm³/mol. The highest BCUT2D eigenvalue weighted by atomic mass is 32.2. The molecule has 1 saturated carbocycles. The van der Waals surface area contributed by atoms with Crippen molar-refractivity contribution in [1.29, 1.82) is 0 Å². The highest BCUT2D eigenvalue weighted by Gasteiger charge is 2.40.